The zero-order valence-corrected chi connectivity index (χ0v) is 24.6. The summed E-state index contributed by atoms with van der Waals surface area (Å²) in [5.41, 5.74) is -0.261. The van der Waals surface area contributed by atoms with Gasteiger partial charge in [-0.1, -0.05) is 13.8 Å². The van der Waals surface area contributed by atoms with Gasteiger partial charge < -0.3 is 19.3 Å². The van der Waals surface area contributed by atoms with E-state index in [1.54, 1.807) is 4.90 Å². The molecule has 2 amide bonds. The number of hydrogen-bond donors (Lipinski definition) is 0. The number of nitrogens with zero attached hydrogens (tertiary/aromatic N) is 6. The highest BCUT2D eigenvalue weighted by atomic mass is 32.2. The monoisotopic (exact) mass is 578 g/mol. The van der Waals surface area contributed by atoms with Crippen molar-refractivity contribution in [2.75, 3.05) is 63.9 Å². The van der Waals surface area contributed by atoms with Crippen LogP contribution >= 0.6 is 0 Å². The van der Waals surface area contributed by atoms with Crippen molar-refractivity contribution in [3.8, 4) is 5.88 Å². The average Bonchev–Trinajstić information content (AvgIpc) is 3.45. The van der Waals surface area contributed by atoms with Crippen molar-refractivity contribution in [3.63, 3.8) is 0 Å². The maximum absolute atomic E-state index is 13.2. The van der Waals surface area contributed by atoms with E-state index < -0.39 is 15.3 Å². The molecule has 0 bridgehead atoms. The number of carbonyl (C=O) groups is 2. The molecule has 1 aromatic rings. The predicted octanol–water partition coefficient (Wildman–Crippen LogP) is 1.97. The second-order valence-corrected chi connectivity index (χ2v) is 14.5. The van der Waals surface area contributed by atoms with Crippen LogP contribution in [0.5, 0.6) is 5.88 Å². The Morgan fingerprint density at radius 1 is 1.07 bits per heavy atom. The summed E-state index contributed by atoms with van der Waals surface area (Å²) in [5.74, 6) is 1.23. The molecular formula is C27H42N6O6S. The van der Waals surface area contributed by atoms with Crippen molar-refractivity contribution < 1.29 is 27.5 Å². The van der Waals surface area contributed by atoms with Crippen molar-refractivity contribution >= 4 is 27.8 Å². The molecule has 0 spiro atoms. The van der Waals surface area contributed by atoms with Gasteiger partial charge in [-0.15, -0.1) is 0 Å². The van der Waals surface area contributed by atoms with Crippen LogP contribution in [-0.4, -0.2) is 114 Å². The second-order valence-electron chi connectivity index (χ2n) is 12.3. The zero-order chi connectivity index (χ0) is 28.5. The molecular weight excluding hydrogens is 536 g/mol. The van der Waals surface area contributed by atoms with Crippen LogP contribution in [0.4, 0.5) is 10.6 Å². The van der Waals surface area contributed by atoms with Crippen LogP contribution < -0.4 is 9.64 Å². The van der Waals surface area contributed by atoms with Gasteiger partial charge >= 0.3 is 6.09 Å². The van der Waals surface area contributed by atoms with Gasteiger partial charge in [0.2, 0.25) is 21.8 Å². The third-order valence-corrected chi connectivity index (χ3v) is 10.6. The Morgan fingerprint density at radius 2 is 1.82 bits per heavy atom. The third kappa shape index (κ3) is 6.85. The molecule has 1 unspecified atom stereocenters. The molecule has 4 aliphatic rings. The largest absolute Gasteiger partial charge is 0.476 e. The topological polar surface area (TPSA) is 125 Å². The molecule has 1 atom stereocenters. The molecule has 0 aromatic carbocycles. The van der Waals surface area contributed by atoms with E-state index in [0.717, 1.165) is 38.8 Å². The fraction of sp³-hybridized carbons (Fsp3) is 0.778. The van der Waals surface area contributed by atoms with Crippen molar-refractivity contribution in [3.05, 3.63) is 12.4 Å². The molecule has 3 saturated heterocycles. The van der Waals surface area contributed by atoms with Gasteiger partial charge in [-0.3, -0.25) is 9.69 Å². The maximum atomic E-state index is 13.2. The minimum atomic E-state index is -3.55. The van der Waals surface area contributed by atoms with Crippen molar-refractivity contribution in [1.29, 1.82) is 0 Å². The molecule has 3 aliphatic heterocycles. The van der Waals surface area contributed by atoms with Crippen molar-refractivity contribution in [2.24, 2.45) is 11.8 Å². The average molecular weight is 579 g/mol. The van der Waals surface area contributed by atoms with Gasteiger partial charge in [-0.25, -0.2) is 23.2 Å². The van der Waals surface area contributed by atoms with Gasteiger partial charge in [-0.05, 0) is 57.4 Å². The molecule has 40 heavy (non-hydrogen) atoms. The van der Waals surface area contributed by atoms with Crippen LogP contribution in [0.2, 0.25) is 0 Å². The normalized spacial score (nSPS) is 24.5. The van der Waals surface area contributed by atoms with Gasteiger partial charge in [0, 0.05) is 39.3 Å². The molecule has 0 N–H and O–H groups in total. The van der Waals surface area contributed by atoms with Crippen LogP contribution in [0, 0.1) is 11.8 Å². The lowest BCUT2D eigenvalue weighted by atomic mass is 9.98. The highest BCUT2D eigenvalue weighted by Crippen LogP contribution is 2.39. The van der Waals surface area contributed by atoms with Crippen molar-refractivity contribution in [1.82, 2.24) is 24.1 Å². The lowest BCUT2D eigenvalue weighted by Crippen LogP contribution is -2.54. The van der Waals surface area contributed by atoms with Crippen LogP contribution in [0.3, 0.4) is 0 Å². The molecule has 0 radical (unpaired) electrons. The Labute approximate surface area is 237 Å². The molecule has 13 heteroatoms. The summed E-state index contributed by atoms with van der Waals surface area (Å²) in [6, 6.07) is 0. The zero-order valence-electron chi connectivity index (χ0n) is 23.8. The summed E-state index contributed by atoms with van der Waals surface area (Å²) in [4.78, 5) is 39.4. The maximum Gasteiger partial charge on any atom is 0.410 e. The summed E-state index contributed by atoms with van der Waals surface area (Å²) in [6.45, 7) is 10.4. The summed E-state index contributed by atoms with van der Waals surface area (Å²) in [6.07, 6.45) is 6.90. The van der Waals surface area contributed by atoms with Crippen LogP contribution in [0.1, 0.15) is 52.9 Å². The van der Waals surface area contributed by atoms with Gasteiger partial charge in [0.05, 0.1) is 30.8 Å². The smallest absolute Gasteiger partial charge is 0.410 e. The Morgan fingerprint density at radius 3 is 2.45 bits per heavy atom. The summed E-state index contributed by atoms with van der Waals surface area (Å²) < 4.78 is 39.2. The first kappa shape index (κ1) is 29.0. The first-order valence-electron chi connectivity index (χ1n) is 14.5. The Balaban J connectivity index is 1.06. The minimum absolute atomic E-state index is 0.186. The molecule has 1 aromatic heterocycles. The number of sulfonamides is 1. The molecule has 5 rings (SSSR count). The van der Waals surface area contributed by atoms with E-state index in [-0.39, 0.29) is 37.2 Å². The van der Waals surface area contributed by atoms with E-state index in [1.807, 2.05) is 6.92 Å². The van der Waals surface area contributed by atoms with E-state index in [0.29, 0.717) is 56.2 Å². The lowest BCUT2D eigenvalue weighted by Gasteiger charge is -2.34. The fourth-order valence-electron chi connectivity index (χ4n) is 5.61. The molecule has 222 valence electrons. The molecule has 1 saturated carbocycles. The first-order valence-corrected chi connectivity index (χ1v) is 16.0. The van der Waals surface area contributed by atoms with Gasteiger partial charge in [0.15, 0.2) is 5.82 Å². The Bertz CT molecular complexity index is 1170. The van der Waals surface area contributed by atoms with E-state index in [2.05, 4.69) is 28.7 Å². The Kier molecular flexibility index (Phi) is 8.53. The first-order chi connectivity index (χ1) is 19.0. The SMILES string of the molecule is CC(C)CN1CCC(S(=O)(=O)N2CCN(c3cnc(OCC4CCN(C(=O)OC5(C)CC5)CC4)cn3)C(=O)C2)C1. The third-order valence-electron chi connectivity index (χ3n) is 8.34. The van der Waals surface area contributed by atoms with Gasteiger partial charge in [0.25, 0.3) is 0 Å². The predicted molar refractivity (Wildman–Crippen MR) is 148 cm³/mol. The van der Waals surface area contributed by atoms with E-state index in [4.69, 9.17) is 9.47 Å². The highest BCUT2D eigenvalue weighted by molar-refractivity contribution is 7.89. The number of rotatable bonds is 9. The summed E-state index contributed by atoms with van der Waals surface area (Å²) in [5, 5.41) is -0.464. The molecule has 4 fully saturated rings. The van der Waals surface area contributed by atoms with Crippen LogP contribution in [0.25, 0.3) is 0 Å². The standard InChI is InChI=1S/C27H42N6O6S/c1-20(2)16-30-9-6-22(17-30)40(36,37)32-12-13-33(25(34)18-32)23-14-29-24(15-28-23)38-19-21-4-10-31(11-5-21)26(35)39-27(3)7-8-27/h14-15,20-22H,4-13,16-19H2,1-3H3. The van der Waals surface area contributed by atoms with Crippen LogP contribution in [-0.2, 0) is 19.6 Å². The summed E-state index contributed by atoms with van der Waals surface area (Å²) in [7, 11) is -3.55. The number of ether oxygens (including phenoxy) is 2. The summed E-state index contributed by atoms with van der Waals surface area (Å²) >= 11 is 0. The van der Waals surface area contributed by atoms with Crippen molar-refractivity contribution in [2.45, 2.75) is 63.7 Å². The number of anilines is 1. The highest BCUT2D eigenvalue weighted by Gasteiger charge is 2.43. The number of likely N-dealkylation sites (tertiary alicyclic amines) is 2. The number of piperazine rings is 1. The number of amides is 2. The quantitative estimate of drug-likeness (QED) is 0.432. The second kappa shape index (κ2) is 11.8. The minimum Gasteiger partial charge on any atom is -0.476 e. The number of carbonyl (C=O) groups excluding carboxylic acids is 2. The van der Waals surface area contributed by atoms with Gasteiger partial charge in [0.1, 0.15) is 5.60 Å². The number of aromatic nitrogens is 2. The van der Waals surface area contributed by atoms with E-state index in [1.165, 1.54) is 21.6 Å². The lowest BCUT2D eigenvalue weighted by molar-refractivity contribution is -0.120. The molecule has 1 aliphatic carbocycles. The molecule has 12 nitrogen and oxygen atoms in total. The number of piperidine rings is 1. The fourth-order valence-corrected chi connectivity index (χ4v) is 7.46. The van der Waals surface area contributed by atoms with E-state index >= 15 is 0 Å². The van der Waals surface area contributed by atoms with E-state index in [9.17, 15) is 18.0 Å². The Hall–Kier alpha value is -2.51. The molecule has 4 heterocycles. The van der Waals surface area contributed by atoms with Gasteiger partial charge in [-0.2, -0.15) is 4.31 Å². The van der Waals surface area contributed by atoms with Crippen LogP contribution in [0.15, 0.2) is 12.4 Å². The number of hydrogen-bond acceptors (Lipinski definition) is 9.